The second kappa shape index (κ2) is 9.81. The Morgan fingerprint density at radius 2 is 2.12 bits per heavy atom. The third-order valence-corrected chi connectivity index (χ3v) is 10.2. The van der Waals surface area contributed by atoms with Crippen LogP contribution in [0.4, 0.5) is 5.82 Å². The van der Waals surface area contributed by atoms with E-state index in [9.17, 15) is 9.59 Å². The van der Waals surface area contributed by atoms with E-state index in [1.54, 1.807) is 6.08 Å². The number of nitrogens with zero attached hydrogens (tertiary/aromatic N) is 2. The van der Waals surface area contributed by atoms with Crippen molar-refractivity contribution in [2.45, 2.75) is 70.6 Å². The van der Waals surface area contributed by atoms with Crippen LogP contribution < -0.4 is 25.7 Å². The van der Waals surface area contributed by atoms with Crippen molar-refractivity contribution in [2.75, 3.05) is 12.1 Å². The van der Waals surface area contributed by atoms with Crippen molar-refractivity contribution in [2.24, 2.45) is 17.3 Å². The van der Waals surface area contributed by atoms with Gasteiger partial charge in [-0.05, 0) is 73.6 Å². The standard InChI is InChI=1S/C30H34BClN4O6/c1-5-6-24(31-41-23-13-17-12-22(29(17,2)3)30(23,4)42-31)34-27(37)19-9-8-18-25(32)35-26(28(38)36(18)19)33-14-16-7-10-20-21(11-16)40-15-39-20/h5,7,10-11,13,17,19,22,24H,1,6,8-9,12,14-15H2,2-4H3,(H,33,35)(H,34,37)/t17?,19-,22?,24-,30?/m0/s1. The first-order chi connectivity index (χ1) is 20.1. The predicted molar refractivity (Wildman–Crippen MR) is 157 cm³/mol. The molecule has 3 aliphatic carbocycles. The van der Waals surface area contributed by atoms with Gasteiger partial charge in [-0.3, -0.25) is 14.2 Å². The van der Waals surface area contributed by atoms with Crippen LogP contribution >= 0.6 is 11.6 Å². The number of nitrogens with one attached hydrogen (secondary N) is 2. The van der Waals surface area contributed by atoms with Gasteiger partial charge in [0.05, 0.1) is 11.6 Å². The fraction of sp³-hybridized carbons (Fsp3) is 0.500. The number of rotatable bonds is 8. The summed E-state index contributed by atoms with van der Waals surface area (Å²) in [4.78, 5) is 31.7. The number of hydrogen-bond donors (Lipinski definition) is 2. The van der Waals surface area contributed by atoms with Crippen LogP contribution in [0.2, 0.25) is 5.15 Å². The van der Waals surface area contributed by atoms with Gasteiger partial charge in [0.1, 0.15) is 17.4 Å². The van der Waals surface area contributed by atoms with Crippen molar-refractivity contribution in [3.05, 3.63) is 69.5 Å². The Labute approximate surface area is 249 Å². The van der Waals surface area contributed by atoms with Crippen LogP contribution in [-0.2, 0) is 27.1 Å². The smallest absolute Gasteiger partial charge is 0.536 e. The summed E-state index contributed by atoms with van der Waals surface area (Å²) in [5, 5.41) is 6.40. The molecule has 3 aliphatic heterocycles. The second-order valence-electron chi connectivity index (χ2n) is 12.6. The largest absolute Gasteiger partial charge is 0.550 e. The average molecular weight is 593 g/mol. The van der Waals surface area contributed by atoms with E-state index in [1.807, 2.05) is 18.2 Å². The van der Waals surface area contributed by atoms with Crippen LogP contribution in [0, 0.1) is 17.3 Å². The number of hydrogen-bond acceptors (Lipinski definition) is 8. The molecule has 2 N–H and O–H groups in total. The Kier molecular flexibility index (Phi) is 6.40. The lowest BCUT2D eigenvalue weighted by atomic mass is 9.46. The number of amides is 1. The molecule has 12 heteroatoms. The molecule has 6 aliphatic rings. The molecule has 1 aromatic heterocycles. The van der Waals surface area contributed by atoms with Crippen molar-refractivity contribution < 1.29 is 23.6 Å². The highest BCUT2D eigenvalue weighted by Crippen LogP contribution is 2.64. The Morgan fingerprint density at radius 3 is 2.90 bits per heavy atom. The average Bonchev–Trinajstić information content (AvgIpc) is 3.69. The molecule has 10 nitrogen and oxygen atoms in total. The molecule has 1 amide bonds. The molecule has 1 saturated heterocycles. The molecular formula is C30H34BClN4O6. The number of carbonyl (C=O) groups is 1. The third-order valence-electron chi connectivity index (χ3n) is 9.86. The van der Waals surface area contributed by atoms with E-state index in [0.29, 0.717) is 54.8 Å². The van der Waals surface area contributed by atoms with Crippen LogP contribution in [0.5, 0.6) is 11.5 Å². The molecule has 2 bridgehead atoms. The molecule has 1 saturated carbocycles. The first-order valence-electron chi connectivity index (χ1n) is 14.5. The van der Waals surface area contributed by atoms with E-state index in [2.05, 4.69) is 49.0 Å². The van der Waals surface area contributed by atoms with Crippen molar-refractivity contribution in [1.29, 1.82) is 0 Å². The van der Waals surface area contributed by atoms with Gasteiger partial charge < -0.3 is 29.4 Å². The molecule has 0 radical (unpaired) electrons. The van der Waals surface area contributed by atoms with Gasteiger partial charge in [0.2, 0.25) is 12.7 Å². The van der Waals surface area contributed by atoms with Crippen LogP contribution in [0.15, 0.2) is 47.5 Å². The minimum Gasteiger partial charge on any atom is -0.536 e. The van der Waals surface area contributed by atoms with Crippen molar-refractivity contribution >= 4 is 30.4 Å². The zero-order chi connectivity index (χ0) is 29.4. The topological polar surface area (TPSA) is 113 Å². The second-order valence-corrected chi connectivity index (χ2v) is 12.9. The van der Waals surface area contributed by atoms with Crippen molar-refractivity contribution in [3.63, 3.8) is 0 Å². The zero-order valence-electron chi connectivity index (χ0n) is 23.9. The molecule has 2 aromatic rings. The number of carbonyl (C=O) groups excluding carboxylic acids is 1. The molecule has 4 heterocycles. The molecule has 42 heavy (non-hydrogen) atoms. The molecule has 5 atom stereocenters. The fourth-order valence-electron chi connectivity index (χ4n) is 7.35. The van der Waals surface area contributed by atoms with Gasteiger partial charge in [-0.25, -0.2) is 4.98 Å². The lowest BCUT2D eigenvalue weighted by Crippen LogP contribution is -2.59. The Hall–Kier alpha value is -3.44. The molecule has 1 aromatic carbocycles. The van der Waals surface area contributed by atoms with Crippen LogP contribution in [0.1, 0.15) is 57.3 Å². The first-order valence-corrected chi connectivity index (χ1v) is 14.9. The fourth-order valence-corrected chi connectivity index (χ4v) is 7.62. The van der Waals surface area contributed by atoms with Gasteiger partial charge in [0.25, 0.3) is 5.56 Å². The van der Waals surface area contributed by atoms with Gasteiger partial charge in [-0.15, -0.1) is 6.58 Å². The predicted octanol–water partition coefficient (Wildman–Crippen LogP) is 4.18. The molecule has 2 fully saturated rings. The van der Waals surface area contributed by atoms with E-state index in [1.165, 1.54) is 4.57 Å². The van der Waals surface area contributed by atoms with Gasteiger partial charge >= 0.3 is 7.12 Å². The van der Waals surface area contributed by atoms with Gasteiger partial charge in [-0.2, -0.15) is 0 Å². The number of fused-ring (bicyclic) bond motifs is 2. The number of allylic oxidation sites excluding steroid dienone is 1. The Morgan fingerprint density at radius 1 is 1.31 bits per heavy atom. The normalized spacial score (nSPS) is 28.1. The summed E-state index contributed by atoms with van der Waals surface area (Å²) in [6.45, 7) is 11.0. The SMILES string of the molecule is C=CC[C@H](NC(=O)[C@@H]1CCc2c(Cl)nc(NCc3ccc4c(c3)OCO4)c(=O)n21)B1OC2=CC3CC(C2(C)O1)C3(C)C. The highest BCUT2D eigenvalue weighted by Gasteiger charge is 2.66. The first kappa shape index (κ1) is 27.4. The van der Waals surface area contributed by atoms with E-state index in [0.717, 1.165) is 17.7 Å². The minimum absolute atomic E-state index is 0.0803. The summed E-state index contributed by atoms with van der Waals surface area (Å²) in [5.74, 6) is 2.31. The molecule has 8 rings (SSSR count). The number of benzene rings is 1. The molecular weight excluding hydrogens is 559 g/mol. The highest BCUT2D eigenvalue weighted by atomic mass is 35.5. The lowest BCUT2D eigenvalue weighted by Gasteiger charge is -2.60. The van der Waals surface area contributed by atoms with Crippen molar-refractivity contribution in [1.82, 2.24) is 14.9 Å². The number of ether oxygens (including phenoxy) is 2. The summed E-state index contributed by atoms with van der Waals surface area (Å²) in [5.41, 5.74) is 0.652. The highest BCUT2D eigenvalue weighted by molar-refractivity contribution is 6.48. The molecule has 3 unspecified atom stereocenters. The maximum Gasteiger partial charge on any atom is 0.550 e. The number of aromatic nitrogens is 2. The third kappa shape index (κ3) is 4.15. The van der Waals surface area contributed by atoms with E-state index in [-0.39, 0.29) is 29.1 Å². The number of anilines is 1. The Balaban J connectivity index is 1.09. The summed E-state index contributed by atoms with van der Waals surface area (Å²) in [6, 6.07) is 4.81. The summed E-state index contributed by atoms with van der Waals surface area (Å²) < 4.78 is 25.2. The van der Waals surface area contributed by atoms with E-state index in [4.69, 9.17) is 30.4 Å². The zero-order valence-corrected chi connectivity index (χ0v) is 24.7. The van der Waals surface area contributed by atoms with E-state index < -0.39 is 30.3 Å². The van der Waals surface area contributed by atoms with E-state index >= 15 is 0 Å². The summed E-state index contributed by atoms with van der Waals surface area (Å²) in [6.07, 6.45) is 6.37. The minimum atomic E-state index is -0.739. The van der Waals surface area contributed by atoms with Gasteiger partial charge in [-0.1, -0.05) is 37.6 Å². The molecule has 0 spiro atoms. The summed E-state index contributed by atoms with van der Waals surface area (Å²) >= 11 is 6.52. The van der Waals surface area contributed by atoms with Crippen LogP contribution in [0.3, 0.4) is 0 Å². The van der Waals surface area contributed by atoms with Crippen LogP contribution in [0.25, 0.3) is 0 Å². The van der Waals surface area contributed by atoms with Gasteiger partial charge in [0, 0.05) is 6.54 Å². The quantitative estimate of drug-likeness (QED) is 0.347. The summed E-state index contributed by atoms with van der Waals surface area (Å²) in [7, 11) is -0.657. The lowest BCUT2D eigenvalue weighted by molar-refractivity contribution is -0.125. The molecule has 220 valence electrons. The van der Waals surface area contributed by atoms with Crippen LogP contribution in [-0.4, -0.2) is 40.9 Å². The Bertz CT molecular complexity index is 1580. The monoisotopic (exact) mass is 592 g/mol. The maximum absolute atomic E-state index is 13.7. The maximum atomic E-state index is 13.7. The van der Waals surface area contributed by atoms with Gasteiger partial charge in [0.15, 0.2) is 22.5 Å². The van der Waals surface area contributed by atoms with Crippen molar-refractivity contribution in [3.8, 4) is 11.5 Å². The number of halogens is 1.